The first kappa shape index (κ1) is 15.3. The molecule has 0 amide bonds. The van der Waals surface area contributed by atoms with Gasteiger partial charge in [0.05, 0.1) is 4.92 Å². The predicted octanol–water partition coefficient (Wildman–Crippen LogP) is 3.55. The molecule has 0 fully saturated rings. The van der Waals surface area contributed by atoms with E-state index < -0.39 is 4.92 Å². The van der Waals surface area contributed by atoms with E-state index in [1.807, 2.05) is 19.2 Å². The maximum Gasteiger partial charge on any atom is 0.269 e. The SMILES string of the molecule is CNCc1c(Cl)cccc1OCc1cccc([N+](=O)[O-])c1. The van der Waals surface area contributed by atoms with Gasteiger partial charge in [-0.05, 0) is 24.7 Å². The van der Waals surface area contributed by atoms with Gasteiger partial charge in [0.2, 0.25) is 0 Å². The van der Waals surface area contributed by atoms with Crippen molar-refractivity contribution in [1.82, 2.24) is 5.32 Å². The summed E-state index contributed by atoms with van der Waals surface area (Å²) < 4.78 is 5.74. The third-order valence-corrected chi connectivity index (χ3v) is 3.30. The number of nitro groups is 1. The van der Waals surface area contributed by atoms with Gasteiger partial charge in [0.25, 0.3) is 5.69 Å². The summed E-state index contributed by atoms with van der Waals surface area (Å²) in [5, 5.41) is 14.4. The Morgan fingerprint density at radius 3 is 2.76 bits per heavy atom. The standard InChI is InChI=1S/C15H15ClN2O3/c1-17-9-13-14(16)6-3-7-15(13)21-10-11-4-2-5-12(8-11)18(19)20/h2-8,17H,9-10H2,1H3. The third kappa shape index (κ3) is 3.93. The predicted molar refractivity (Wildman–Crippen MR) is 81.6 cm³/mol. The van der Waals surface area contributed by atoms with E-state index in [9.17, 15) is 10.1 Å². The number of nitrogens with zero attached hydrogens (tertiary/aromatic N) is 1. The molecule has 2 aromatic carbocycles. The Bertz CT molecular complexity index is 647. The van der Waals surface area contributed by atoms with Gasteiger partial charge in [-0.1, -0.05) is 29.8 Å². The Balaban J connectivity index is 2.15. The van der Waals surface area contributed by atoms with Crippen LogP contribution in [0.3, 0.4) is 0 Å². The van der Waals surface area contributed by atoms with E-state index in [0.717, 1.165) is 11.1 Å². The summed E-state index contributed by atoms with van der Waals surface area (Å²) in [6.07, 6.45) is 0. The normalized spacial score (nSPS) is 10.4. The molecule has 0 aromatic heterocycles. The van der Waals surface area contributed by atoms with E-state index in [0.29, 0.717) is 17.3 Å². The maximum absolute atomic E-state index is 10.8. The molecule has 2 rings (SSSR count). The number of nitrogens with one attached hydrogen (secondary N) is 1. The van der Waals surface area contributed by atoms with Gasteiger partial charge in [-0.15, -0.1) is 0 Å². The first-order chi connectivity index (χ1) is 10.1. The minimum absolute atomic E-state index is 0.0534. The van der Waals surface area contributed by atoms with E-state index in [1.165, 1.54) is 12.1 Å². The molecule has 0 aliphatic carbocycles. The molecule has 5 nitrogen and oxygen atoms in total. The third-order valence-electron chi connectivity index (χ3n) is 2.95. The fourth-order valence-electron chi connectivity index (χ4n) is 1.94. The fraction of sp³-hybridized carbons (Fsp3) is 0.200. The summed E-state index contributed by atoms with van der Waals surface area (Å²) in [5.41, 5.74) is 1.66. The zero-order valence-corrected chi connectivity index (χ0v) is 12.3. The van der Waals surface area contributed by atoms with E-state index in [2.05, 4.69) is 5.32 Å². The Morgan fingerprint density at radius 1 is 1.29 bits per heavy atom. The second-order valence-electron chi connectivity index (χ2n) is 4.46. The van der Waals surface area contributed by atoms with Crippen LogP contribution in [0.5, 0.6) is 5.75 Å². The summed E-state index contributed by atoms with van der Waals surface area (Å²) in [7, 11) is 1.83. The lowest BCUT2D eigenvalue weighted by Gasteiger charge is -2.12. The molecule has 0 saturated heterocycles. The van der Waals surface area contributed by atoms with Crippen LogP contribution < -0.4 is 10.1 Å². The lowest BCUT2D eigenvalue weighted by atomic mass is 10.2. The number of halogens is 1. The molecule has 21 heavy (non-hydrogen) atoms. The molecule has 0 aliphatic heterocycles. The van der Waals surface area contributed by atoms with Gasteiger partial charge in [-0.3, -0.25) is 10.1 Å². The van der Waals surface area contributed by atoms with Crippen LogP contribution in [0.4, 0.5) is 5.69 Å². The molecule has 0 unspecified atom stereocenters. The molecule has 0 atom stereocenters. The van der Waals surface area contributed by atoms with Crippen LogP contribution in [0.25, 0.3) is 0 Å². The number of nitro benzene ring substituents is 1. The van der Waals surface area contributed by atoms with Crippen molar-refractivity contribution in [3.63, 3.8) is 0 Å². The van der Waals surface area contributed by atoms with E-state index in [1.54, 1.807) is 18.2 Å². The number of hydrogen-bond acceptors (Lipinski definition) is 4. The van der Waals surface area contributed by atoms with Crippen LogP contribution >= 0.6 is 11.6 Å². The number of ether oxygens (including phenoxy) is 1. The zero-order valence-electron chi connectivity index (χ0n) is 11.5. The maximum atomic E-state index is 10.8. The summed E-state index contributed by atoms with van der Waals surface area (Å²) in [6, 6.07) is 11.8. The first-order valence-corrected chi connectivity index (χ1v) is 6.77. The quantitative estimate of drug-likeness (QED) is 0.655. The molecule has 0 spiro atoms. The molecular formula is C15H15ClN2O3. The molecule has 0 radical (unpaired) electrons. The summed E-state index contributed by atoms with van der Waals surface area (Å²) in [5.74, 6) is 0.670. The highest BCUT2D eigenvalue weighted by atomic mass is 35.5. The van der Waals surface area contributed by atoms with Crippen LogP contribution in [-0.2, 0) is 13.2 Å². The Kier molecular flexibility index (Phi) is 5.14. The van der Waals surface area contributed by atoms with Gasteiger partial charge < -0.3 is 10.1 Å². The minimum atomic E-state index is -0.421. The number of hydrogen-bond donors (Lipinski definition) is 1. The second-order valence-corrected chi connectivity index (χ2v) is 4.87. The van der Waals surface area contributed by atoms with Crippen LogP contribution in [0.1, 0.15) is 11.1 Å². The van der Waals surface area contributed by atoms with Gasteiger partial charge in [0.1, 0.15) is 12.4 Å². The molecular weight excluding hydrogens is 292 g/mol. The molecule has 2 aromatic rings. The van der Waals surface area contributed by atoms with Crippen LogP contribution in [0.15, 0.2) is 42.5 Å². The van der Waals surface area contributed by atoms with Gasteiger partial charge in [-0.25, -0.2) is 0 Å². The van der Waals surface area contributed by atoms with Gasteiger partial charge in [0, 0.05) is 29.3 Å². The molecule has 0 aliphatic rings. The summed E-state index contributed by atoms with van der Waals surface area (Å²) in [6.45, 7) is 0.836. The van der Waals surface area contributed by atoms with Crippen LogP contribution in [0, 0.1) is 10.1 Å². The van der Waals surface area contributed by atoms with Crippen molar-refractivity contribution in [1.29, 1.82) is 0 Å². The molecule has 0 saturated carbocycles. The molecule has 6 heteroatoms. The minimum Gasteiger partial charge on any atom is -0.489 e. The highest BCUT2D eigenvalue weighted by molar-refractivity contribution is 6.31. The average molecular weight is 307 g/mol. The molecule has 110 valence electrons. The van der Waals surface area contributed by atoms with E-state index in [4.69, 9.17) is 16.3 Å². The van der Waals surface area contributed by atoms with Crippen LogP contribution in [0.2, 0.25) is 5.02 Å². The first-order valence-electron chi connectivity index (χ1n) is 6.40. The highest BCUT2D eigenvalue weighted by Crippen LogP contribution is 2.27. The summed E-state index contributed by atoms with van der Waals surface area (Å²) in [4.78, 5) is 10.3. The highest BCUT2D eigenvalue weighted by Gasteiger charge is 2.09. The zero-order chi connectivity index (χ0) is 15.2. The Morgan fingerprint density at radius 2 is 2.05 bits per heavy atom. The van der Waals surface area contributed by atoms with Crippen molar-refractivity contribution in [3.8, 4) is 5.75 Å². The lowest BCUT2D eigenvalue weighted by molar-refractivity contribution is -0.384. The number of rotatable bonds is 6. The van der Waals surface area contributed by atoms with Crippen molar-refractivity contribution in [2.45, 2.75) is 13.2 Å². The van der Waals surface area contributed by atoms with Gasteiger partial charge >= 0.3 is 0 Å². The average Bonchev–Trinajstić information content (AvgIpc) is 2.48. The smallest absolute Gasteiger partial charge is 0.269 e. The monoisotopic (exact) mass is 306 g/mol. The van der Waals surface area contributed by atoms with Gasteiger partial charge in [0.15, 0.2) is 0 Å². The van der Waals surface area contributed by atoms with E-state index >= 15 is 0 Å². The number of non-ortho nitro benzene ring substituents is 1. The molecule has 1 N–H and O–H groups in total. The second kappa shape index (κ2) is 7.06. The van der Waals surface area contributed by atoms with Crippen LogP contribution in [-0.4, -0.2) is 12.0 Å². The van der Waals surface area contributed by atoms with E-state index in [-0.39, 0.29) is 12.3 Å². The van der Waals surface area contributed by atoms with Gasteiger partial charge in [-0.2, -0.15) is 0 Å². The molecule has 0 heterocycles. The Hall–Kier alpha value is -2.11. The van der Waals surface area contributed by atoms with Crippen molar-refractivity contribution >= 4 is 17.3 Å². The number of benzene rings is 2. The van der Waals surface area contributed by atoms with Crippen molar-refractivity contribution in [2.24, 2.45) is 0 Å². The van der Waals surface area contributed by atoms with Crippen molar-refractivity contribution in [3.05, 3.63) is 68.7 Å². The van der Waals surface area contributed by atoms with Crippen molar-refractivity contribution in [2.75, 3.05) is 7.05 Å². The Labute approximate surface area is 127 Å². The topological polar surface area (TPSA) is 64.4 Å². The summed E-state index contributed by atoms with van der Waals surface area (Å²) >= 11 is 6.15. The largest absolute Gasteiger partial charge is 0.489 e. The lowest BCUT2D eigenvalue weighted by Crippen LogP contribution is -2.08. The fourth-order valence-corrected chi connectivity index (χ4v) is 2.18. The van der Waals surface area contributed by atoms with Crippen molar-refractivity contribution < 1.29 is 9.66 Å². The molecule has 0 bridgehead atoms.